The quantitative estimate of drug-likeness (QED) is 0.480. The van der Waals surface area contributed by atoms with Crippen LogP contribution in [0.2, 0.25) is 5.02 Å². The number of nitrogens with zero attached hydrogens (tertiary/aromatic N) is 2. The van der Waals surface area contributed by atoms with Crippen molar-refractivity contribution in [2.45, 2.75) is 6.92 Å². The molecule has 154 valence electrons. The van der Waals surface area contributed by atoms with Gasteiger partial charge in [0.1, 0.15) is 11.6 Å². The van der Waals surface area contributed by atoms with Gasteiger partial charge in [-0.2, -0.15) is 0 Å². The second-order valence-corrected chi connectivity index (χ2v) is 8.82. The molecule has 0 aliphatic rings. The number of rotatable bonds is 5. The van der Waals surface area contributed by atoms with Crippen LogP contribution in [0.15, 0.2) is 59.1 Å². The van der Waals surface area contributed by atoms with E-state index in [4.69, 9.17) is 16.0 Å². The van der Waals surface area contributed by atoms with E-state index in [-0.39, 0.29) is 5.76 Å². The molecule has 0 unspecified atom stereocenters. The van der Waals surface area contributed by atoms with E-state index in [1.807, 2.05) is 0 Å². The van der Waals surface area contributed by atoms with E-state index < -0.39 is 15.9 Å². The van der Waals surface area contributed by atoms with Gasteiger partial charge in [-0.05, 0) is 55.5 Å². The number of aromatic nitrogens is 2. The molecule has 3 aromatic heterocycles. The number of halogens is 1. The molecule has 0 aliphatic heterocycles. The number of imidazole rings is 1. The molecule has 0 bridgehead atoms. The fraction of sp³-hybridized carbons (Fsp3) is 0.100. The molecule has 0 saturated heterocycles. The summed E-state index contributed by atoms with van der Waals surface area (Å²) in [6.07, 6.45) is 2.84. The fourth-order valence-corrected chi connectivity index (χ4v) is 3.77. The van der Waals surface area contributed by atoms with Crippen molar-refractivity contribution < 1.29 is 17.6 Å². The molecule has 2 N–H and O–H groups in total. The Morgan fingerprint density at radius 3 is 2.57 bits per heavy atom. The lowest BCUT2D eigenvalue weighted by Gasteiger charge is -2.05. The average Bonchev–Trinajstić information content (AvgIpc) is 3.28. The Hall–Kier alpha value is -3.30. The normalized spacial score (nSPS) is 11.6. The molecule has 4 aromatic rings. The van der Waals surface area contributed by atoms with Crippen molar-refractivity contribution in [2.75, 3.05) is 16.3 Å². The van der Waals surface area contributed by atoms with Crippen molar-refractivity contribution in [3.05, 3.63) is 71.2 Å². The van der Waals surface area contributed by atoms with E-state index in [1.54, 1.807) is 66.1 Å². The highest BCUT2D eigenvalue weighted by molar-refractivity contribution is 7.92. The highest BCUT2D eigenvalue weighted by Gasteiger charge is 2.17. The summed E-state index contributed by atoms with van der Waals surface area (Å²) >= 11 is 6.16. The third-order valence-electron chi connectivity index (χ3n) is 4.31. The van der Waals surface area contributed by atoms with Crippen LogP contribution in [0.5, 0.6) is 0 Å². The molecule has 0 radical (unpaired) electrons. The number of carbonyl (C=O) groups excluding carboxylic acids is 1. The number of fused-ring (bicyclic) bond motifs is 1. The van der Waals surface area contributed by atoms with Crippen molar-refractivity contribution in [3.8, 4) is 11.3 Å². The molecule has 8 nitrogen and oxygen atoms in total. The first-order chi connectivity index (χ1) is 14.2. The van der Waals surface area contributed by atoms with Gasteiger partial charge in [-0.25, -0.2) is 13.4 Å². The standard InChI is InChI=1S/C20H17ClN4O4S/c1-12-18(25-11-3-4-15(21)19(25)22-12)23-20(26)17-10-9-16(29-17)13-5-7-14(8-6-13)24-30(2,27)28/h3-11,24H,1-2H3,(H,23,26). The molecule has 0 fully saturated rings. The maximum atomic E-state index is 12.7. The first kappa shape index (κ1) is 20.0. The van der Waals surface area contributed by atoms with Crippen LogP contribution in [-0.4, -0.2) is 30.0 Å². The molecule has 1 aromatic carbocycles. The number of hydrogen-bond donors (Lipinski definition) is 2. The predicted octanol–water partition coefficient (Wildman–Crippen LogP) is 4.18. The van der Waals surface area contributed by atoms with Gasteiger partial charge in [0.15, 0.2) is 11.4 Å². The van der Waals surface area contributed by atoms with E-state index in [2.05, 4.69) is 15.0 Å². The topological polar surface area (TPSA) is 106 Å². The van der Waals surface area contributed by atoms with Gasteiger partial charge < -0.3 is 9.73 Å². The van der Waals surface area contributed by atoms with Gasteiger partial charge >= 0.3 is 0 Å². The van der Waals surface area contributed by atoms with Crippen LogP contribution in [0, 0.1) is 6.92 Å². The summed E-state index contributed by atoms with van der Waals surface area (Å²) in [5, 5.41) is 3.29. The molecular formula is C20H17ClN4O4S. The zero-order valence-electron chi connectivity index (χ0n) is 16.0. The summed E-state index contributed by atoms with van der Waals surface area (Å²) in [4.78, 5) is 17.1. The van der Waals surface area contributed by atoms with Gasteiger partial charge in [0, 0.05) is 17.4 Å². The van der Waals surface area contributed by atoms with Gasteiger partial charge in [0.25, 0.3) is 5.91 Å². The lowest BCUT2D eigenvalue weighted by molar-refractivity contribution is 0.0997. The minimum Gasteiger partial charge on any atom is -0.451 e. The van der Waals surface area contributed by atoms with Crippen LogP contribution >= 0.6 is 11.6 Å². The molecule has 0 aliphatic carbocycles. The average molecular weight is 445 g/mol. The van der Waals surface area contributed by atoms with E-state index in [1.165, 1.54) is 0 Å². The SMILES string of the molecule is Cc1nc2c(Cl)cccn2c1NC(=O)c1ccc(-c2ccc(NS(C)(=O)=O)cc2)o1. The number of sulfonamides is 1. The molecule has 0 atom stereocenters. The first-order valence-corrected chi connectivity index (χ1v) is 11.1. The summed E-state index contributed by atoms with van der Waals surface area (Å²) in [5.74, 6) is 0.678. The van der Waals surface area contributed by atoms with Crippen molar-refractivity contribution in [3.63, 3.8) is 0 Å². The molecule has 1 amide bonds. The van der Waals surface area contributed by atoms with Crippen LogP contribution in [0.25, 0.3) is 17.0 Å². The highest BCUT2D eigenvalue weighted by Crippen LogP contribution is 2.26. The van der Waals surface area contributed by atoms with Gasteiger partial charge in [-0.3, -0.25) is 13.9 Å². The molecule has 3 heterocycles. The van der Waals surface area contributed by atoms with E-state index in [9.17, 15) is 13.2 Å². The number of anilines is 2. The van der Waals surface area contributed by atoms with Gasteiger partial charge in [-0.15, -0.1) is 0 Å². The summed E-state index contributed by atoms with van der Waals surface area (Å²) < 4.78 is 32.4. The highest BCUT2D eigenvalue weighted by atomic mass is 35.5. The van der Waals surface area contributed by atoms with Gasteiger partial charge in [0.2, 0.25) is 10.0 Å². The number of pyridine rings is 1. The van der Waals surface area contributed by atoms with Crippen LogP contribution in [0.3, 0.4) is 0 Å². The van der Waals surface area contributed by atoms with Gasteiger partial charge in [0.05, 0.1) is 17.0 Å². The smallest absolute Gasteiger partial charge is 0.292 e. The predicted molar refractivity (Wildman–Crippen MR) is 116 cm³/mol. The minimum atomic E-state index is -3.35. The second kappa shape index (κ2) is 7.51. The van der Waals surface area contributed by atoms with Crippen LogP contribution in [-0.2, 0) is 10.0 Å². The van der Waals surface area contributed by atoms with Crippen molar-refractivity contribution in [1.82, 2.24) is 9.38 Å². The lowest BCUT2D eigenvalue weighted by Crippen LogP contribution is -2.13. The third-order valence-corrected chi connectivity index (χ3v) is 5.21. The van der Waals surface area contributed by atoms with Crippen LogP contribution in [0.4, 0.5) is 11.5 Å². The number of benzene rings is 1. The molecule has 0 spiro atoms. The molecule has 30 heavy (non-hydrogen) atoms. The number of nitrogens with one attached hydrogen (secondary N) is 2. The maximum Gasteiger partial charge on any atom is 0.292 e. The maximum absolute atomic E-state index is 12.7. The molecular weight excluding hydrogens is 428 g/mol. The van der Waals surface area contributed by atoms with Gasteiger partial charge in [-0.1, -0.05) is 11.6 Å². The Morgan fingerprint density at radius 1 is 1.13 bits per heavy atom. The zero-order chi connectivity index (χ0) is 21.5. The molecule has 4 rings (SSSR count). The van der Waals surface area contributed by atoms with Crippen LogP contribution < -0.4 is 10.0 Å². The summed E-state index contributed by atoms with van der Waals surface area (Å²) in [7, 11) is -3.35. The summed E-state index contributed by atoms with van der Waals surface area (Å²) in [6, 6.07) is 13.4. The Bertz CT molecular complexity index is 1360. The Labute approximate surface area is 177 Å². The molecule has 10 heteroatoms. The number of aryl methyl sites for hydroxylation is 1. The number of amides is 1. The number of hydrogen-bond acceptors (Lipinski definition) is 5. The van der Waals surface area contributed by atoms with Crippen molar-refractivity contribution >= 4 is 44.7 Å². The fourth-order valence-electron chi connectivity index (χ4n) is 3.00. The zero-order valence-corrected chi connectivity index (χ0v) is 17.6. The second-order valence-electron chi connectivity index (χ2n) is 6.67. The Balaban J connectivity index is 1.55. The number of carbonyl (C=O) groups is 1. The van der Waals surface area contributed by atoms with E-state index in [0.29, 0.717) is 39.2 Å². The molecule has 0 saturated carbocycles. The lowest BCUT2D eigenvalue weighted by atomic mass is 10.1. The number of furan rings is 1. The summed E-state index contributed by atoms with van der Waals surface area (Å²) in [5.41, 5.74) is 2.31. The summed E-state index contributed by atoms with van der Waals surface area (Å²) in [6.45, 7) is 1.78. The third kappa shape index (κ3) is 4.03. The minimum absolute atomic E-state index is 0.125. The Morgan fingerprint density at radius 2 is 1.87 bits per heavy atom. The Kier molecular flexibility index (Phi) is 5.00. The van der Waals surface area contributed by atoms with Crippen molar-refractivity contribution in [2.24, 2.45) is 0 Å². The van der Waals surface area contributed by atoms with E-state index in [0.717, 1.165) is 6.26 Å². The first-order valence-electron chi connectivity index (χ1n) is 8.84. The van der Waals surface area contributed by atoms with Crippen LogP contribution in [0.1, 0.15) is 16.2 Å². The van der Waals surface area contributed by atoms with E-state index >= 15 is 0 Å². The largest absolute Gasteiger partial charge is 0.451 e. The van der Waals surface area contributed by atoms with Crippen molar-refractivity contribution in [1.29, 1.82) is 0 Å². The monoisotopic (exact) mass is 444 g/mol.